The van der Waals surface area contributed by atoms with Crippen molar-refractivity contribution >= 4 is 17.8 Å². The molecule has 0 aliphatic carbocycles. The van der Waals surface area contributed by atoms with Gasteiger partial charge >= 0.3 is 5.97 Å². The van der Waals surface area contributed by atoms with Crippen molar-refractivity contribution in [1.29, 1.82) is 0 Å². The molecule has 0 aromatic carbocycles. The number of rotatable bonds is 1. The molecule has 4 N–H and O–H groups in total. The zero-order valence-corrected chi connectivity index (χ0v) is 5.96. The number of carboxylic acids is 1. The molecule has 0 aromatic rings. The molecule has 1 heterocycles. The first-order valence-electron chi connectivity index (χ1n) is 3.08. The first kappa shape index (κ1) is 8.25. The third-order valence-electron chi connectivity index (χ3n) is 1.42. The number of imide groups is 1. The number of aliphatic carboxylic acids is 1. The molecule has 0 saturated carbocycles. The Morgan fingerprint density at radius 1 is 1.50 bits per heavy atom. The first-order chi connectivity index (χ1) is 5.52. The fourth-order valence-electron chi connectivity index (χ4n) is 0.822. The molecule has 1 aliphatic rings. The Morgan fingerprint density at radius 2 is 2.08 bits per heavy atom. The molecule has 0 atom stereocenters. The minimum absolute atomic E-state index is 0.344. The lowest BCUT2D eigenvalue weighted by atomic mass is 10.1. The molecule has 2 amide bonds. The normalized spacial score (nSPS) is 17.7. The van der Waals surface area contributed by atoms with Gasteiger partial charge in [-0.2, -0.15) is 0 Å². The van der Waals surface area contributed by atoms with E-state index in [9.17, 15) is 14.4 Å². The van der Waals surface area contributed by atoms with Crippen LogP contribution in [0.5, 0.6) is 0 Å². The number of carbonyl (C=O) groups is 3. The summed E-state index contributed by atoms with van der Waals surface area (Å²) in [5.74, 6) is -2.83. The summed E-state index contributed by atoms with van der Waals surface area (Å²) in [6.45, 7) is 0. The van der Waals surface area contributed by atoms with Crippen molar-refractivity contribution in [3.8, 4) is 0 Å². The van der Waals surface area contributed by atoms with E-state index in [0.717, 1.165) is 0 Å². The largest absolute Gasteiger partial charge is 0.478 e. The zero-order chi connectivity index (χ0) is 9.30. The van der Waals surface area contributed by atoms with Crippen LogP contribution in [0.4, 0.5) is 0 Å². The second-order valence-electron chi connectivity index (χ2n) is 2.25. The van der Waals surface area contributed by atoms with Gasteiger partial charge in [0, 0.05) is 0 Å². The van der Waals surface area contributed by atoms with E-state index in [1.54, 1.807) is 0 Å². The van der Waals surface area contributed by atoms with Crippen molar-refractivity contribution in [1.82, 2.24) is 5.32 Å². The third kappa shape index (κ3) is 1.26. The minimum atomic E-state index is -1.34. The van der Waals surface area contributed by atoms with E-state index in [1.165, 1.54) is 0 Å². The number of nitrogens with two attached hydrogens (primary N) is 1. The molecule has 0 spiro atoms. The molecule has 64 valence electrons. The van der Waals surface area contributed by atoms with Gasteiger partial charge in [0.15, 0.2) is 0 Å². The highest BCUT2D eigenvalue weighted by Gasteiger charge is 2.26. The molecule has 12 heavy (non-hydrogen) atoms. The number of carboxylic acid groups (broad SMARTS) is 1. The summed E-state index contributed by atoms with van der Waals surface area (Å²) in [5.41, 5.74) is 4.38. The molecular formula is C6H6N2O4. The predicted molar refractivity (Wildman–Crippen MR) is 36.6 cm³/mol. The van der Waals surface area contributed by atoms with E-state index >= 15 is 0 Å². The number of amides is 2. The van der Waals surface area contributed by atoms with E-state index < -0.39 is 23.5 Å². The maximum Gasteiger partial charge on any atom is 0.334 e. The zero-order valence-electron chi connectivity index (χ0n) is 5.96. The summed E-state index contributed by atoms with van der Waals surface area (Å²) in [6, 6.07) is 0. The fraction of sp³-hybridized carbons (Fsp3) is 0.167. The van der Waals surface area contributed by atoms with Gasteiger partial charge in [-0.25, -0.2) is 4.79 Å². The Hall–Kier alpha value is -1.85. The van der Waals surface area contributed by atoms with Crippen LogP contribution in [0, 0.1) is 0 Å². The molecule has 0 saturated heterocycles. The second-order valence-corrected chi connectivity index (χ2v) is 2.25. The molecule has 1 aliphatic heterocycles. The first-order valence-corrected chi connectivity index (χ1v) is 3.08. The van der Waals surface area contributed by atoms with Crippen LogP contribution in [-0.4, -0.2) is 22.9 Å². The van der Waals surface area contributed by atoms with Gasteiger partial charge in [0.05, 0.1) is 12.0 Å². The van der Waals surface area contributed by atoms with Crippen LogP contribution in [0.3, 0.4) is 0 Å². The van der Waals surface area contributed by atoms with Crippen molar-refractivity contribution in [2.45, 2.75) is 6.42 Å². The van der Waals surface area contributed by atoms with E-state index in [-0.39, 0.29) is 12.0 Å². The lowest BCUT2D eigenvalue weighted by Gasteiger charge is -2.12. The molecule has 6 nitrogen and oxygen atoms in total. The molecule has 0 fully saturated rings. The summed E-state index contributed by atoms with van der Waals surface area (Å²) in [4.78, 5) is 31.8. The van der Waals surface area contributed by atoms with Gasteiger partial charge in [0.25, 0.3) is 5.91 Å². The second kappa shape index (κ2) is 2.65. The average Bonchev–Trinajstić information content (AvgIpc) is 1.96. The number of carbonyl (C=O) groups excluding carboxylic acids is 2. The summed E-state index contributed by atoms with van der Waals surface area (Å²) >= 11 is 0. The Kier molecular flexibility index (Phi) is 1.82. The van der Waals surface area contributed by atoms with E-state index in [4.69, 9.17) is 10.8 Å². The van der Waals surface area contributed by atoms with Gasteiger partial charge < -0.3 is 10.8 Å². The maximum absolute atomic E-state index is 10.7. The SMILES string of the molecule is NC1=C(C(=O)O)CC(=O)NC1=O. The number of nitrogens with one attached hydrogen (secondary N) is 1. The van der Waals surface area contributed by atoms with Crippen molar-refractivity contribution in [2.75, 3.05) is 0 Å². The quantitative estimate of drug-likeness (QED) is 0.407. The van der Waals surface area contributed by atoms with Crippen LogP contribution < -0.4 is 11.1 Å². The van der Waals surface area contributed by atoms with Crippen molar-refractivity contribution in [3.05, 3.63) is 11.3 Å². The molecule has 0 aromatic heterocycles. The standard InChI is InChI=1S/C6H6N2O4/c7-4-2(6(11)12)1-3(9)8-5(4)10/h1,7H2,(H,11,12)(H,8,9,10). The lowest BCUT2D eigenvalue weighted by Crippen LogP contribution is -2.40. The topological polar surface area (TPSA) is 109 Å². The number of hydrogen-bond donors (Lipinski definition) is 3. The Morgan fingerprint density at radius 3 is 2.58 bits per heavy atom. The molecule has 0 radical (unpaired) electrons. The van der Waals surface area contributed by atoms with Crippen molar-refractivity contribution in [2.24, 2.45) is 5.73 Å². The van der Waals surface area contributed by atoms with Crippen LogP contribution in [0.15, 0.2) is 11.3 Å². The summed E-state index contributed by atoms with van der Waals surface area (Å²) in [7, 11) is 0. The van der Waals surface area contributed by atoms with Gasteiger partial charge in [0.1, 0.15) is 5.70 Å². The molecule has 1 rings (SSSR count). The van der Waals surface area contributed by atoms with Gasteiger partial charge in [-0.05, 0) is 0 Å². The predicted octanol–water partition coefficient (Wildman–Crippen LogP) is -1.67. The van der Waals surface area contributed by atoms with Gasteiger partial charge in [0.2, 0.25) is 5.91 Å². The highest BCUT2D eigenvalue weighted by molar-refractivity contribution is 6.13. The van der Waals surface area contributed by atoms with Gasteiger partial charge in [-0.1, -0.05) is 0 Å². The third-order valence-corrected chi connectivity index (χ3v) is 1.42. The minimum Gasteiger partial charge on any atom is -0.478 e. The van der Waals surface area contributed by atoms with Gasteiger partial charge in [-0.15, -0.1) is 0 Å². The number of hydrogen-bond acceptors (Lipinski definition) is 4. The van der Waals surface area contributed by atoms with Crippen LogP contribution >= 0.6 is 0 Å². The van der Waals surface area contributed by atoms with E-state index in [2.05, 4.69) is 0 Å². The Balaban J connectivity index is 3.09. The van der Waals surface area contributed by atoms with Crippen LogP contribution in [-0.2, 0) is 14.4 Å². The highest BCUT2D eigenvalue weighted by Crippen LogP contribution is 2.09. The highest BCUT2D eigenvalue weighted by atomic mass is 16.4. The van der Waals surface area contributed by atoms with Gasteiger partial charge in [-0.3, -0.25) is 14.9 Å². The molecular weight excluding hydrogens is 164 g/mol. The summed E-state index contributed by atoms with van der Waals surface area (Å²) in [6.07, 6.45) is -0.354. The average molecular weight is 170 g/mol. The van der Waals surface area contributed by atoms with Crippen LogP contribution in [0.2, 0.25) is 0 Å². The lowest BCUT2D eigenvalue weighted by molar-refractivity contribution is -0.136. The summed E-state index contributed by atoms with van der Waals surface area (Å²) in [5, 5.41) is 10.4. The van der Waals surface area contributed by atoms with E-state index in [1.807, 2.05) is 5.32 Å². The molecule has 0 bridgehead atoms. The van der Waals surface area contributed by atoms with Crippen molar-refractivity contribution in [3.63, 3.8) is 0 Å². The maximum atomic E-state index is 10.7. The monoisotopic (exact) mass is 170 g/mol. The fourth-order valence-corrected chi connectivity index (χ4v) is 0.822. The molecule has 6 heteroatoms. The van der Waals surface area contributed by atoms with Crippen molar-refractivity contribution < 1.29 is 19.5 Å². The molecule has 0 unspecified atom stereocenters. The summed E-state index contributed by atoms with van der Waals surface area (Å²) < 4.78 is 0. The van der Waals surface area contributed by atoms with Crippen LogP contribution in [0.1, 0.15) is 6.42 Å². The smallest absolute Gasteiger partial charge is 0.334 e. The Labute approximate surface area is 67.0 Å². The van der Waals surface area contributed by atoms with Crippen LogP contribution in [0.25, 0.3) is 0 Å². The van der Waals surface area contributed by atoms with E-state index in [0.29, 0.717) is 0 Å². The Bertz CT molecular complexity index is 305.